The van der Waals surface area contributed by atoms with Crippen molar-refractivity contribution in [3.05, 3.63) is 23.8 Å². The highest BCUT2D eigenvalue weighted by Gasteiger charge is 2.51. The van der Waals surface area contributed by atoms with Crippen LogP contribution in [0.25, 0.3) is 0 Å². The zero-order valence-electron chi connectivity index (χ0n) is 10.1. The number of carboxylic acid groups (broad SMARTS) is 1. The summed E-state index contributed by atoms with van der Waals surface area (Å²) in [6, 6.07) is 0. The molecule has 3 rings (SSSR count). The first-order valence-corrected chi connectivity index (χ1v) is 6.03. The Morgan fingerprint density at radius 1 is 1.62 bits per heavy atom. The average molecular weight is 220 g/mol. The van der Waals surface area contributed by atoms with E-state index < -0.39 is 5.97 Å². The Morgan fingerprint density at radius 2 is 2.31 bits per heavy atom. The van der Waals surface area contributed by atoms with Gasteiger partial charge in [-0.15, -0.1) is 0 Å². The van der Waals surface area contributed by atoms with Gasteiger partial charge in [0.2, 0.25) is 0 Å². The van der Waals surface area contributed by atoms with Crippen LogP contribution >= 0.6 is 0 Å². The molecule has 88 valence electrons. The third-order valence-corrected chi connectivity index (χ3v) is 4.61. The van der Waals surface area contributed by atoms with Crippen molar-refractivity contribution in [2.24, 2.45) is 17.3 Å². The molecule has 0 amide bonds. The SMILES string of the molecule is C=C(CC=C1CCC2CC1C2(C)C)C(=O)O. The highest BCUT2D eigenvalue weighted by Crippen LogP contribution is 2.61. The minimum atomic E-state index is -0.876. The first kappa shape index (κ1) is 11.4. The number of aliphatic carboxylic acids is 1. The summed E-state index contributed by atoms with van der Waals surface area (Å²) in [5.74, 6) is 0.698. The fourth-order valence-electron chi connectivity index (χ4n) is 3.24. The van der Waals surface area contributed by atoms with Crippen molar-refractivity contribution in [3.8, 4) is 0 Å². The maximum atomic E-state index is 10.7. The van der Waals surface area contributed by atoms with Crippen LogP contribution in [0.3, 0.4) is 0 Å². The first-order valence-electron chi connectivity index (χ1n) is 6.03. The standard InChI is InChI=1S/C14H20O2/c1-9(13(15)16)4-5-10-6-7-11-8-12(10)14(11,2)3/h5,11-12H,1,4,6-8H2,2-3H3,(H,15,16). The van der Waals surface area contributed by atoms with E-state index in [2.05, 4.69) is 26.5 Å². The lowest BCUT2D eigenvalue weighted by Crippen LogP contribution is -2.49. The zero-order chi connectivity index (χ0) is 11.9. The summed E-state index contributed by atoms with van der Waals surface area (Å²) in [5.41, 5.74) is 2.20. The number of rotatable bonds is 3. The Labute approximate surface area is 97.0 Å². The number of allylic oxidation sites excluding steroid dienone is 2. The monoisotopic (exact) mass is 220 g/mol. The summed E-state index contributed by atoms with van der Waals surface area (Å²) in [6.07, 6.45) is 6.35. The first-order chi connectivity index (χ1) is 7.43. The minimum Gasteiger partial charge on any atom is -0.478 e. The van der Waals surface area contributed by atoms with Gasteiger partial charge >= 0.3 is 5.97 Å². The van der Waals surface area contributed by atoms with Crippen molar-refractivity contribution in [2.45, 2.75) is 39.5 Å². The van der Waals surface area contributed by atoms with E-state index in [0.29, 0.717) is 23.3 Å². The van der Waals surface area contributed by atoms with Gasteiger partial charge in [0.05, 0.1) is 0 Å². The van der Waals surface area contributed by atoms with Crippen LogP contribution in [0.15, 0.2) is 23.8 Å². The normalized spacial score (nSPS) is 33.2. The number of fused-ring (bicyclic) bond motifs is 2. The second-order valence-electron chi connectivity index (χ2n) is 5.74. The predicted octanol–water partition coefficient (Wildman–Crippen LogP) is 3.40. The fraction of sp³-hybridized carbons (Fsp3) is 0.643. The van der Waals surface area contributed by atoms with E-state index in [9.17, 15) is 4.79 Å². The summed E-state index contributed by atoms with van der Waals surface area (Å²) in [4.78, 5) is 10.7. The Balaban J connectivity index is 2.03. The van der Waals surface area contributed by atoms with Gasteiger partial charge in [-0.2, -0.15) is 0 Å². The molecule has 0 saturated heterocycles. The van der Waals surface area contributed by atoms with Crippen molar-refractivity contribution < 1.29 is 9.90 Å². The molecular formula is C14H20O2. The molecule has 3 saturated carbocycles. The van der Waals surface area contributed by atoms with E-state index in [-0.39, 0.29) is 0 Å². The van der Waals surface area contributed by atoms with E-state index in [1.165, 1.54) is 18.4 Å². The van der Waals surface area contributed by atoms with E-state index in [0.717, 1.165) is 12.3 Å². The van der Waals surface area contributed by atoms with Crippen molar-refractivity contribution >= 4 is 5.97 Å². The lowest BCUT2D eigenvalue weighted by molar-refractivity contribution is -0.132. The van der Waals surface area contributed by atoms with E-state index >= 15 is 0 Å². The van der Waals surface area contributed by atoms with Crippen LogP contribution in [0.1, 0.15) is 39.5 Å². The topological polar surface area (TPSA) is 37.3 Å². The van der Waals surface area contributed by atoms with Gasteiger partial charge in [0.1, 0.15) is 0 Å². The molecule has 0 aliphatic heterocycles. The van der Waals surface area contributed by atoms with Crippen LogP contribution in [0.2, 0.25) is 0 Å². The predicted molar refractivity (Wildman–Crippen MR) is 64.1 cm³/mol. The molecule has 0 radical (unpaired) electrons. The Bertz CT molecular complexity index is 361. The maximum absolute atomic E-state index is 10.7. The largest absolute Gasteiger partial charge is 0.478 e. The summed E-state index contributed by atoms with van der Waals surface area (Å²) in [6.45, 7) is 8.24. The van der Waals surface area contributed by atoms with Crippen LogP contribution in [0.4, 0.5) is 0 Å². The molecule has 0 aromatic rings. The minimum absolute atomic E-state index is 0.298. The quantitative estimate of drug-likeness (QED) is 0.584. The summed E-state index contributed by atoms with van der Waals surface area (Å²) in [7, 11) is 0. The Hall–Kier alpha value is -1.05. The second-order valence-corrected chi connectivity index (χ2v) is 5.74. The highest BCUT2D eigenvalue weighted by atomic mass is 16.4. The molecular weight excluding hydrogens is 200 g/mol. The Morgan fingerprint density at radius 3 is 2.81 bits per heavy atom. The molecule has 16 heavy (non-hydrogen) atoms. The molecule has 0 heterocycles. The molecule has 2 bridgehead atoms. The molecule has 3 aliphatic rings. The van der Waals surface area contributed by atoms with Crippen LogP contribution < -0.4 is 0 Å². The lowest BCUT2D eigenvalue weighted by Gasteiger charge is -2.58. The average Bonchev–Trinajstić information content (AvgIpc) is 2.25. The van der Waals surface area contributed by atoms with Gasteiger partial charge in [-0.3, -0.25) is 0 Å². The molecule has 2 atom stereocenters. The number of carboxylic acids is 1. The summed E-state index contributed by atoms with van der Waals surface area (Å²) in [5, 5.41) is 8.76. The third kappa shape index (κ3) is 1.70. The van der Waals surface area contributed by atoms with Crippen molar-refractivity contribution in [1.82, 2.24) is 0 Å². The van der Waals surface area contributed by atoms with Gasteiger partial charge in [0.25, 0.3) is 0 Å². The van der Waals surface area contributed by atoms with Gasteiger partial charge in [-0.1, -0.05) is 32.1 Å². The van der Waals surface area contributed by atoms with Crippen molar-refractivity contribution in [1.29, 1.82) is 0 Å². The van der Waals surface area contributed by atoms with Gasteiger partial charge in [0.15, 0.2) is 0 Å². The highest BCUT2D eigenvalue weighted by molar-refractivity contribution is 5.86. The third-order valence-electron chi connectivity index (χ3n) is 4.61. The van der Waals surface area contributed by atoms with Crippen molar-refractivity contribution in [3.63, 3.8) is 0 Å². The molecule has 1 N–H and O–H groups in total. The van der Waals surface area contributed by atoms with Gasteiger partial charge in [0, 0.05) is 5.57 Å². The van der Waals surface area contributed by atoms with E-state index in [4.69, 9.17) is 5.11 Å². The molecule has 3 aliphatic carbocycles. The number of carbonyl (C=O) groups is 1. The van der Waals surface area contributed by atoms with Crippen LogP contribution in [-0.2, 0) is 4.79 Å². The number of hydrogen-bond acceptors (Lipinski definition) is 1. The molecule has 2 heteroatoms. The molecule has 3 fully saturated rings. The number of hydrogen-bond donors (Lipinski definition) is 1. The smallest absolute Gasteiger partial charge is 0.331 e. The summed E-state index contributed by atoms with van der Waals surface area (Å²) < 4.78 is 0. The van der Waals surface area contributed by atoms with Gasteiger partial charge in [-0.25, -0.2) is 4.79 Å². The zero-order valence-corrected chi connectivity index (χ0v) is 10.1. The maximum Gasteiger partial charge on any atom is 0.331 e. The Kier molecular flexibility index (Phi) is 2.69. The fourth-order valence-corrected chi connectivity index (χ4v) is 3.24. The molecule has 2 nitrogen and oxygen atoms in total. The summed E-state index contributed by atoms with van der Waals surface area (Å²) >= 11 is 0. The molecule has 0 aromatic heterocycles. The molecule has 0 aromatic carbocycles. The lowest BCUT2D eigenvalue weighted by atomic mass is 9.47. The van der Waals surface area contributed by atoms with Gasteiger partial charge in [-0.05, 0) is 42.9 Å². The molecule has 0 spiro atoms. The van der Waals surface area contributed by atoms with E-state index in [1.54, 1.807) is 0 Å². The van der Waals surface area contributed by atoms with E-state index in [1.807, 2.05) is 0 Å². The van der Waals surface area contributed by atoms with Crippen molar-refractivity contribution in [2.75, 3.05) is 0 Å². The second kappa shape index (κ2) is 3.76. The van der Waals surface area contributed by atoms with Crippen LogP contribution in [-0.4, -0.2) is 11.1 Å². The van der Waals surface area contributed by atoms with Crippen LogP contribution in [0.5, 0.6) is 0 Å². The van der Waals surface area contributed by atoms with Gasteiger partial charge < -0.3 is 5.11 Å². The molecule has 2 unspecified atom stereocenters. The van der Waals surface area contributed by atoms with Crippen LogP contribution in [0, 0.1) is 17.3 Å².